The van der Waals surface area contributed by atoms with Crippen molar-refractivity contribution in [2.75, 3.05) is 7.11 Å². The largest absolute Gasteiger partial charge is 0.468 e. The van der Waals surface area contributed by atoms with Gasteiger partial charge in [-0.2, -0.15) is 0 Å². The van der Waals surface area contributed by atoms with Crippen LogP contribution >= 0.6 is 23.4 Å². The van der Waals surface area contributed by atoms with Crippen molar-refractivity contribution in [1.29, 1.82) is 0 Å². The quantitative estimate of drug-likeness (QED) is 0.602. The first-order chi connectivity index (χ1) is 6.95. The molecule has 2 nitrogen and oxygen atoms in total. The van der Waals surface area contributed by atoms with Gasteiger partial charge < -0.3 is 4.74 Å². The number of benzene rings is 1. The number of esters is 1. The molecule has 0 radical (unpaired) electrons. The number of carbonyl (C=O) groups is 1. The molecule has 0 atom stereocenters. The predicted octanol–water partition coefficient (Wildman–Crippen LogP) is 3.38. The van der Waals surface area contributed by atoms with Crippen molar-refractivity contribution in [2.24, 2.45) is 0 Å². The fourth-order valence-corrected chi connectivity index (χ4v) is 2.46. The molecule has 0 saturated carbocycles. The van der Waals surface area contributed by atoms with Crippen LogP contribution in [0.25, 0.3) is 0 Å². The van der Waals surface area contributed by atoms with Gasteiger partial charge in [-0.05, 0) is 32.0 Å². The summed E-state index contributed by atoms with van der Waals surface area (Å²) in [4.78, 5) is 12.4. The number of rotatable bonds is 3. The van der Waals surface area contributed by atoms with Gasteiger partial charge in [0.05, 0.1) is 7.11 Å². The molecule has 1 aromatic carbocycles. The maximum absolute atomic E-state index is 11.4. The monoisotopic (exact) mass is 244 g/mol. The molecule has 0 N–H and O–H groups in total. The second-order valence-electron chi connectivity index (χ2n) is 3.56. The summed E-state index contributed by atoms with van der Waals surface area (Å²) in [5.74, 6) is -0.243. The summed E-state index contributed by atoms with van der Waals surface area (Å²) in [6, 6.07) is 7.41. The van der Waals surface area contributed by atoms with Crippen molar-refractivity contribution < 1.29 is 9.53 Å². The van der Waals surface area contributed by atoms with Gasteiger partial charge in [-0.3, -0.25) is 4.79 Å². The van der Waals surface area contributed by atoms with E-state index in [9.17, 15) is 4.79 Å². The highest BCUT2D eigenvalue weighted by atomic mass is 35.5. The second kappa shape index (κ2) is 4.90. The summed E-state index contributed by atoms with van der Waals surface area (Å²) < 4.78 is 4.13. The summed E-state index contributed by atoms with van der Waals surface area (Å²) in [6.45, 7) is 3.65. The van der Waals surface area contributed by atoms with Crippen LogP contribution in [0.1, 0.15) is 13.8 Å². The molecule has 0 aromatic heterocycles. The van der Waals surface area contributed by atoms with Crippen LogP contribution in [-0.2, 0) is 9.53 Å². The molecule has 0 fully saturated rings. The van der Waals surface area contributed by atoms with E-state index in [1.165, 1.54) is 18.9 Å². The van der Waals surface area contributed by atoms with E-state index >= 15 is 0 Å². The van der Waals surface area contributed by atoms with E-state index in [0.717, 1.165) is 4.90 Å². The third-order valence-electron chi connectivity index (χ3n) is 1.85. The Morgan fingerprint density at radius 1 is 1.47 bits per heavy atom. The average Bonchev–Trinajstić information content (AvgIpc) is 2.15. The number of thioether (sulfide) groups is 1. The van der Waals surface area contributed by atoms with E-state index in [-0.39, 0.29) is 5.97 Å². The standard InChI is InChI=1S/C11H13ClO2S/c1-11(2,10(13)14-3)15-9-6-4-5-8(12)7-9/h4-7H,1-3H3. The Morgan fingerprint density at radius 2 is 2.13 bits per heavy atom. The molecule has 0 saturated heterocycles. The molecule has 15 heavy (non-hydrogen) atoms. The molecule has 0 spiro atoms. The smallest absolute Gasteiger partial charge is 0.321 e. The summed E-state index contributed by atoms with van der Waals surface area (Å²) in [5.41, 5.74) is 0. The third kappa shape index (κ3) is 3.43. The molecule has 82 valence electrons. The first-order valence-electron chi connectivity index (χ1n) is 4.49. The second-order valence-corrected chi connectivity index (χ2v) is 5.69. The summed E-state index contributed by atoms with van der Waals surface area (Å²) in [5, 5.41) is 0.667. The minimum atomic E-state index is -0.598. The van der Waals surface area contributed by atoms with Crippen LogP contribution < -0.4 is 0 Å². The zero-order valence-electron chi connectivity index (χ0n) is 8.91. The number of halogens is 1. The van der Waals surface area contributed by atoms with Crippen LogP contribution in [0, 0.1) is 0 Å². The summed E-state index contributed by atoms with van der Waals surface area (Å²) in [6.07, 6.45) is 0. The van der Waals surface area contributed by atoms with Crippen LogP contribution in [0.3, 0.4) is 0 Å². The van der Waals surface area contributed by atoms with Gasteiger partial charge in [0.1, 0.15) is 4.75 Å². The fraction of sp³-hybridized carbons (Fsp3) is 0.364. The Morgan fingerprint density at radius 3 is 2.67 bits per heavy atom. The molecule has 0 aliphatic heterocycles. The molecule has 0 heterocycles. The predicted molar refractivity (Wildman–Crippen MR) is 63.4 cm³/mol. The Bertz CT molecular complexity index is 363. The van der Waals surface area contributed by atoms with Crippen LogP contribution in [0.5, 0.6) is 0 Å². The van der Waals surface area contributed by atoms with Crippen molar-refractivity contribution in [1.82, 2.24) is 0 Å². The summed E-state index contributed by atoms with van der Waals surface area (Å²) in [7, 11) is 1.39. The Hall–Kier alpha value is -0.670. The maximum Gasteiger partial charge on any atom is 0.321 e. The van der Waals surface area contributed by atoms with Gasteiger partial charge in [0.15, 0.2) is 0 Å². The highest BCUT2D eigenvalue weighted by molar-refractivity contribution is 8.01. The van der Waals surface area contributed by atoms with Crippen LogP contribution in [-0.4, -0.2) is 17.8 Å². The van der Waals surface area contributed by atoms with E-state index < -0.39 is 4.75 Å². The zero-order valence-corrected chi connectivity index (χ0v) is 10.5. The Labute approximate surface area is 99.0 Å². The third-order valence-corrected chi connectivity index (χ3v) is 3.25. The van der Waals surface area contributed by atoms with Gasteiger partial charge in [-0.25, -0.2) is 0 Å². The Kier molecular flexibility index (Phi) is 4.05. The van der Waals surface area contributed by atoms with Gasteiger partial charge in [-0.1, -0.05) is 17.7 Å². The molecular formula is C11H13ClO2S. The van der Waals surface area contributed by atoms with Crippen LogP contribution in [0.2, 0.25) is 5.02 Å². The van der Waals surface area contributed by atoms with E-state index in [2.05, 4.69) is 0 Å². The van der Waals surface area contributed by atoms with Crippen molar-refractivity contribution in [3.8, 4) is 0 Å². The topological polar surface area (TPSA) is 26.3 Å². The first kappa shape index (κ1) is 12.4. The van der Waals surface area contributed by atoms with Crippen molar-refractivity contribution in [3.05, 3.63) is 29.3 Å². The molecule has 1 rings (SSSR count). The van der Waals surface area contributed by atoms with Gasteiger partial charge >= 0.3 is 5.97 Å². The van der Waals surface area contributed by atoms with Crippen molar-refractivity contribution >= 4 is 29.3 Å². The van der Waals surface area contributed by atoms with Gasteiger partial charge in [0.2, 0.25) is 0 Å². The number of hydrogen-bond donors (Lipinski definition) is 0. The zero-order chi connectivity index (χ0) is 11.5. The molecular weight excluding hydrogens is 232 g/mol. The lowest BCUT2D eigenvalue weighted by molar-refractivity contribution is -0.142. The number of hydrogen-bond acceptors (Lipinski definition) is 3. The average molecular weight is 245 g/mol. The normalized spacial score (nSPS) is 11.2. The van der Waals surface area contributed by atoms with E-state index in [4.69, 9.17) is 16.3 Å². The van der Waals surface area contributed by atoms with Crippen molar-refractivity contribution in [2.45, 2.75) is 23.5 Å². The molecule has 4 heteroatoms. The van der Waals surface area contributed by atoms with Gasteiger partial charge in [0, 0.05) is 9.92 Å². The molecule has 0 aliphatic rings. The molecule has 0 aliphatic carbocycles. The van der Waals surface area contributed by atoms with E-state index in [1.807, 2.05) is 32.0 Å². The maximum atomic E-state index is 11.4. The number of methoxy groups -OCH3 is 1. The lowest BCUT2D eigenvalue weighted by atomic mass is 10.2. The molecule has 0 unspecified atom stereocenters. The minimum Gasteiger partial charge on any atom is -0.468 e. The van der Waals surface area contributed by atoms with Crippen LogP contribution in [0.4, 0.5) is 0 Å². The van der Waals surface area contributed by atoms with Gasteiger partial charge in [-0.15, -0.1) is 11.8 Å². The number of carbonyl (C=O) groups excluding carboxylic acids is 1. The molecule has 0 amide bonds. The summed E-state index contributed by atoms with van der Waals surface area (Å²) >= 11 is 7.29. The van der Waals surface area contributed by atoms with Crippen molar-refractivity contribution in [3.63, 3.8) is 0 Å². The van der Waals surface area contributed by atoms with E-state index in [0.29, 0.717) is 5.02 Å². The van der Waals surface area contributed by atoms with E-state index in [1.54, 1.807) is 6.07 Å². The SMILES string of the molecule is COC(=O)C(C)(C)Sc1cccc(Cl)c1. The fourth-order valence-electron chi connectivity index (χ4n) is 1.11. The lowest BCUT2D eigenvalue weighted by Gasteiger charge is -2.20. The lowest BCUT2D eigenvalue weighted by Crippen LogP contribution is -2.28. The highest BCUT2D eigenvalue weighted by Crippen LogP contribution is 2.34. The van der Waals surface area contributed by atoms with Crippen LogP contribution in [0.15, 0.2) is 29.2 Å². The van der Waals surface area contributed by atoms with Gasteiger partial charge in [0.25, 0.3) is 0 Å². The first-order valence-corrected chi connectivity index (χ1v) is 5.68. The molecule has 1 aromatic rings. The highest BCUT2D eigenvalue weighted by Gasteiger charge is 2.29. The Balaban J connectivity index is 2.81. The number of ether oxygens (including phenoxy) is 1. The minimum absolute atomic E-state index is 0.243. The molecule has 0 bridgehead atoms.